The van der Waals surface area contributed by atoms with Crippen LogP contribution in [-0.4, -0.2) is 23.9 Å². The number of piperidine rings is 1. The Morgan fingerprint density at radius 3 is 2.54 bits per heavy atom. The quantitative estimate of drug-likeness (QED) is 0.887. The summed E-state index contributed by atoms with van der Waals surface area (Å²) in [6, 6.07) is 15.9. The van der Waals surface area contributed by atoms with E-state index in [2.05, 4.69) is 16.3 Å². The number of hydrogen-bond acceptors (Lipinski definition) is 2. The van der Waals surface area contributed by atoms with E-state index in [0.29, 0.717) is 0 Å². The first-order valence-electron chi connectivity index (χ1n) is 8.44. The lowest BCUT2D eigenvalue weighted by Gasteiger charge is -2.31. The average Bonchev–Trinajstić information content (AvgIpc) is 2.57. The lowest BCUT2D eigenvalue weighted by atomic mass is 9.95. The standard InChI is InChI=1S/C20H23ClN2O/c1-15-5-7-19(8-6-15)22-20(24)17-9-11-23(12-10-17)14-16-3-2-4-18(21)13-16/h2-8,13,17H,9-12,14H2,1H3,(H,22,24). The molecule has 0 unspecified atom stereocenters. The number of aryl methyl sites for hydroxylation is 1. The van der Waals surface area contributed by atoms with Crippen molar-refractivity contribution in [1.82, 2.24) is 4.90 Å². The number of benzene rings is 2. The molecule has 0 spiro atoms. The minimum Gasteiger partial charge on any atom is -0.326 e. The summed E-state index contributed by atoms with van der Waals surface area (Å²) in [6.45, 7) is 4.82. The Bertz CT molecular complexity index is 691. The van der Waals surface area contributed by atoms with Crippen molar-refractivity contribution in [3.05, 3.63) is 64.7 Å². The van der Waals surface area contributed by atoms with Crippen LogP contribution in [0.25, 0.3) is 0 Å². The highest BCUT2D eigenvalue weighted by molar-refractivity contribution is 6.30. The molecule has 1 saturated heterocycles. The predicted octanol–water partition coefficient (Wildman–Crippen LogP) is 4.50. The van der Waals surface area contributed by atoms with Gasteiger partial charge in [-0.2, -0.15) is 0 Å². The maximum absolute atomic E-state index is 12.4. The highest BCUT2D eigenvalue weighted by Crippen LogP contribution is 2.22. The lowest BCUT2D eigenvalue weighted by Crippen LogP contribution is -2.37. The van der Waals surface area contributed by atoms with Crippen molar-refractivity contribution in [1.29, 1.82) is 0 Å². The molecule has 1 fully saturated rings. The Balaban J connectivity index is 1.49. The van der Waals surface area contributed by atoms with Gasteiger partial charge in [0, 0.05) is 23.2 Å². The zero-order valence-corrected chi connectivity index (χ0v) is 14.7. The topological polar surface area (TPSA) is 32.3 Å². The highest BCUT2D eigenvalue weighted by atomic mass is 35.5. The predicted molar refractivity (Wildman–Crippen MR) is 99.3 cm³/mol. The molecular weight excluding hydrogens is 320 g/mol. The van der Waals surface area contributed by atoms with Gasteiger partial charge in [-0.05, 0) is 62.7 Å². The van der Waals surface area contributed by atoms with Gasteiger partial charge in [0.05, 0.1) is 0 Å². The number of amides is 1. The zero-order valence-electron chi connectivity index (χ0n) is 14.0. The van der Waals surface area contributed by atoms with Gasteiger partial charge in [0.2, 0.25) is 5.91 Å². The largest absolute Gasteiger partial charge is 0.326 e. The van der Waals surface area contributed by atoms with E-state index in [1.807, 2.05) is 49.4 Å². The number of carbonyl (C=O) groups is 1. The van der Waals surface area contributed by atoms with Crippen molar-refractivity contribution >= 4 is 23.2 Å². The van der Waals surface area contributed by atoms with Gasteiger partial charge in [0.15, 0.2) is 0 Å². The van der Waals surface area contributed by atoms with Gasteiger partial charge in [-0.15, -0.1) is 0 Å². The Kier molecular flexibility index (Phi) is 5.54. The smallest absolute Gasteiger partial charge is 0.227 e. The van der Waals surface area contributed by atoms with Gasteiger partial charge in [-0.1, -0.05) is 41.4 Å². The fraction of sp³-hybridized carbons (Fsp3) is 0.350. The number of nitrogens with one attached hydrogen (secondary N) is 1. The van der Waals surface area contributed by atoms with Gasteiger partial charge in [-0.3, -0.25) is 9.69 Å². The van der Waals surface area contributed by atoms with Crippen molar-refractivity contribution < 1.29 is 4.79 Å². The zero-order chi connectivity index (χ0) is 16.9. The van der Waals surface area contributed by atoms with Gasteiger partial charge < -0.3 is 5.32 Å². The molecule has 126 valence electrons. The first kappa shape index (κ1) is 17.0. The molecule has 1 heterocycles. The second-order valence-corrected chi connectivity index (χ2v) is 6.97. The molecule has 0 atom stereocenters. The van der Waals surface area contributed by atoms with Crippen LogP contribution in [0.3, 0.4) is 0 Å². The second kappa shape index (κ2) is 7.82. The first-order chi connectivity index (χ1) is 11.6. The van der Waals surface area contributed by atoms with Crippen LogP contribution in [0.5, 0.6) is 0 Å². The third kappa shape index (κ3) is 4.59. The number of halogens is 1. The number of rotatable bonds is 4. The van der Waals surface area contributed by atoms with Crippen LogP contribution in [0, 0.1) is 12.8 Å². The molecule has 0 aliphatic carbocycles. The van der Waals surface area contributed by atoms with Crippen molar-refractivity contribution in [3.8, 4) is 0 Å². The van der Waals surface area contributed by atoms with Crippen LogP contribution >= 0.6 is 11.6 Å². The molecule has 0 saturated carbocycles. The molecule has 1 aliphatic heterocycles. The van der Waals surface area contributed by atoms with Gasteiger partial charge >= 0.3 is 0 Å². The Morgan fingerprint density at radius 1 is 1.17 bits per heavy atom. The van der Waals surface area contributed by atoms with Crippen LogP contribution in [0.15, 0.2) is 48.5 Å². The summed E-state index contributed by atoms with van der Waals surface area (Å²) >= 11 is 6.04. The number of nitrogens with zero attached hydrogens (tertiary/aromatic N) is 1. The van der Waals surface area contributed by atoms with Crippen LogP contribution in [0.4, 0.5) is 5.69 Å². The molecule has 0 bridgehead atoms. The van der Waals surface area contributed by atoms with Gasteiger partial charge in [-0.25, -0.2) is 0 Å². The van der Waals surface area contributed by atoms with E-state index in [1.165, 1.54) is 11.1 Å². The number of likely N-dealkylation sites (tertiary alicyclic amines) is 1. The van der Waals surface area contributed by atoms with E-state index < -0.39 is 0 Å². The molecule has 1 aliphatic rings. The van der Waals surface area contributed by atoms with Crippen LogP contribution in [-0.2, 0) is 11.3 Å². The first-order valence-corrected chi connectivity index (χ1v) is 8.82. The molecule has 0 aromatic heterocycles. The summed E-state index contributed by atoms with van der Waals surface area (Å²) in [5, 5.41) is 3.81. The average molecular weight is 343 g/mol. The van der Waals surface area contributed by atoms with Crippen molar-refractivity contribution in [2.75, 3.05) is 18.4 Å². The monoisotopic (exact) mass is 342 g/mol. The Labute approximate surface area is 148 Å². The van der Waals surface area contributed by atoms with E-state index in [-0.39, 0.29) is 11.8 Å². The second-order valence-electron chi connectivity index (χ2n) is 6.54. The fourth-order valence-electron chi connectivity index (χ4n) is 3.13. The van der Waals surface area contributed by atoms with E-state index in [4.69, 9.17) is 11.6 Å². The maximum Gasteiger partial charge on any atom is 0.227 e. The molecule has 24 heavy (non-hydrogen) atoms. The van der Waals surface area contributed by atoms with Crippen LogP contribution in [0.1, 0.15) is 24.0 Å². The summed E-state index contributed by atoms with van der Waals surface area (Å²) in [7, 11) is 0. The molecule has 0 radical (unpaired) electrons. The lowest BCUT2D eigenvalue weighted by molar-refractivity contribution is -0.121. The molecule has 2 aromatic rings. The molecule has 1 N–H and O–H groups in total. The van der Waals surface area contributed by atoms with Crippen molar-refractivity contribution in [2.45, 2.75) is 26.3 Å². The number of carbonyl (C=O) groups excluding carboxylic acids is 1. The highest BCUT2D eigenvalue weighted by Gasteiger charge is 2.25. The van der Waals surface area contributed by atoms with E-state index in [0.717, 1.165) is 43.2 Å². The molecule has 3 rings (SSSR count). The third-order valence-corrected chi connectivity index (χ3v) is 4.81. The summed E-state index contributed by atoms with van der Waals surface area (Å²) in [6.07, 6.45) is 1.80. The summed E-state index contributed by atoms with van der Waals surface area (Å²) in [5.41, 5.74) is 3.30. The summed E-state index contributed by atoms with van der Waals surface area (Å²) < 4.78 is 0. The molecule has 3 nitrogen and oxygen atoms in total. The molecular formula is C20H23ClN2O. The minimum absolute atomic E-state index is 0.0990. The Morgan fingerprint density at radius 2 is 1.88 bits per heavy atom. The van der Waals surface area contributed by atoms with Crippen LogP contribution < -0.4 is 5.32 Å². The maximum atomic E-state index is 12.4. The van der Waals surface area contributed by atoms with E-state index in [1.54, 1.807) is 0 Å². The summed E-state index contributed by atoms with van der Waals surface area (Å²) in [4.78, 5) is 14.8. The molecule has 2 aromatic carbocycles. The van der Waals surface area contributed by atoms with Crippen molar-refractivity contribution in [3.63, 3.8) is 0 Å². The fourth-order valence-corrected chi connectivity index (χ4v) is 3.34. The SMILES string of the molecule is Cc1ccc(NC(=O)C2CCN(Cc3cccc(Cl)c3)CC2)cc1. The van der Waals surface area contributed by atoms with Crippen LogP contribution in [0.2, 0.25) is 5.02 Å². The molecule has 4 heteroatoms. The Hall–Kier alpha value is -1.84. The van der Waals surface area contributed by atoms with Crippen molar-refractivity contribution in [2.24, 2.45) is 5.92 Å². The third-order valence-electron chi connectivity index (χ3n) is 4.57. The number of anilines is 1. The number of hydrogen-bond donors (Lipinski definition) is 1. The van der Waals surface area contributed by atoms with E-state index in [9.17, 15) is 4.79 Å². The van der Waals surface area contributed by atoms with Gasteiger partial charge in [0.25, 0.3) is 0 Å². The van der Waals surface area contributed by atoms with Gasteiger partial charge in [0.1, 0.15) is 0 Å². The minimum atomic E-state index is 0.0990. The molecule has 1 amide bonds. The normalized spacial score (nSPS) is 16.1. The van der Waals surface area contributed by atoms with E-state index >= 15 is 0 Å². The summed E-state index contributed by atoms with van der Waals surface area (Å²) in [5.74, 6) is 0.239.